The minimum absolute atomic E-state index is 0.0980. The summed E-state index contributed by atoms with van der Waals surface area (Å²) in [6.45, 7) is 0.428. The maximum atomic E-state index is 12.3. The number of nitrogens with zero attached hydrogens (tertiary/aromatic N) is 3. The molecule has 0 saturated carbocycles. The predicted molar refractivity (Wildman–Crippen MR) is 118 cm³/mol. The quantitative estimate of drug-likeness (QED) is 0.459. The molecule has 7 nitrogen and oxygen atoms in total. The van der Waals surface area contributed by atoms with Crippen molar-refractivity contribution in [2.45, 2.75) is 6.42 Å². The lowest BCUT2D eigenvalue weighted by atomic mass is 10.1. The second-order valence-corrected chi connectivity index (χ2v) is 6.98. The van der Waals surface area contributed by atoms with Crippen molar-refractivity contribution in [2.75, 3.05) is 24.3 Å². The number of benzene rings is 2. The molecule has 0 unspecified atom stereocenters. The number of amides is 1. The maximum Gasteiger partial charge on any atom is 0.226 e. The average molecular weight is 422 g/mol. The highest BCUT2D eigenvalue weighted by atomic mass is 35.5. The minimum Gasteiger partial charge on any atom is -0.496 e. The molecule has 152 valence electrons. The van der Waals surface area contributed by atoms with E-state index in [0.29, 0.717) is 22.9 Å². The molecule has 0 aliphatic rings. The number of methoxy groups -OCH3 is 1. The van der Waals surface area contributed by atoms with E-state index < -0.39 is 0 Å². The summed E-state index contributed by atoms with van der Waals surface area (Å²) in [4.78, 5) is 21.2. The molecule has 0 radical (unpaired) electrons. The summed E-state index contributed by atoms with van der Waals surface area (Å²) < 4.78 is 7.41. The molecule has 4 rings (SSSR count). The number of hydrogen-bond acceptors (Lipinski definition) is 5. The first-order chi connectivity index (χ1) is 14.7. The molecule has 2 N–H and O–H groups in total. The Morgan fingerprint density at radius 2 is 1.97 bits per heavy atom. The van der Waals surface area contributed by atoms with Crippen LogP contribution in [0.4, 0.5) is 11.5 Å². The standard InChI is InChI=1S/C22H20ClN5O2/c1-30-18-5-3-2-4-17(18)21-22(28-13-12-24-14-19(28)27-21)25-11-10-20(29)26-16-8-6-15(23)7-9-16/h2-9,12-14,25H,10-11H2,1H3,(H,26,29). The van der Waals surface area contributed by atoms with Gasteiger partial charge in [0.05, 0.1) is 13.3 Å². The van der Waals surface area contributed by atoms with Crippen molar-refractivity contribution in [1.29, 1.82) is 0 Å². The van der Waals surface area contributed by atoms with E-state index in [1.165, 1.54) is 0 Å². The number of anilines is 2. The molecule has 0 bridgehead atoms. The summed E-state index contributed by atoms with van der Waals surface area (Å²) in [6.07, 6.45) is 5.50. The van der Waals surface area contributed by atoms with E-state index in [1.807, 2.05) is 34.9 Å². The Hall–Kier alpha value is -3.58. The molecule has 30 heavy (non-hydrogen) atoms. The number of hydrogen-bond donors (Lipinski definition) is 2. The van der Waals surface area contributed by atoms with Gasteiger partial charge in [-0.3, -0.25) is 14.2 Å². The van der Waals surface area contributed by atoms with Crippen LogP contribution in [-0.4, -0.2) is 33.9 Å². The number of carbonyl (C=O) groups is 1. The Balaban J connectivity index is 1.53. The van der Waals surface area contributed by atoms with Crippen LogP contribution in [0.15, 0.2) is 67.1 Å². The summed E-state index contributed by atoms with van der Waals surface area (Å²) in [7, 11) is 1.63. The third kappa shape index (κ3) is 4.21. The first kappa shape index (κ1) is 19.7. The van der Waals surface area contributed by atoms with E-state index >= 15 is 0 Å². The van der Waals surface area contributed by atoms with Gasteiger partial charge in [0.15, 0.2) is 5.65 Å². The first-order valence-electron chi connectivity index (χ1n) is 9.40. The maximum absolute atomic E-state index is 12.3. The van der Waals surface area contributed by atoms with Crippen LogP contribution < -0.4 is 15.4 Å². The molecule has 0 aliphatic heterocycles. The van der Waals surface area contributed by atoms with Gasteiger partial charge < -0.3 is 15.4 Å². The molecular formula is C22H20ClN5O2. The number of imidazole rings is 1. The van der Waals surface area contributed by atoms with Crippen molar-refractivity contribution in [2.24, 2.45) is 0 Å². The topological polar surface area (TPSA) is 80.6 Å². The molecule has 0 aliphatic carbocycles. The predicted octanol–water partition coefficient (Wildman–Crippen LogP) is 4.50. The first-order valence-corrected chi connectivity index (χ1v) is 9.78. The molecule has 0 saturated heterocycles. The molecule has 0 atom stereocenters. The van der Waals surface area contributed by atoms with E-state index in [9.17, 15) is 4.79 Å². The number of para-hydroxylation sites is 1. The smallest absolute Gasteiger partial charge is 0.226 e. The van der Waals surface area contributed by atoms with Crippen LogP contribution >= 0.6 is 11.6 Å². The summed E-state index contributed by atoms with van der Waals surface area (Å²) >= 11 is 5.88. The lowest BCUT2D eigenvalue weighted by molar-refractivity contribution is -0.115. The number of aromatic nitrogens is 3. The number of halogens is 1. The van der Waals surface area contributed by atoms with Crippen molar-refractivity contribution in [1.82, 2.24) is 14.4 Å². The van der Waals surface area contributed by atoms with Gasteiger partial charge in [0.2, 0.25) is 5.91 Å². The lowest BCUT2D eigenvalue weighted by Gasteiger charge is -2.11. The Morgan fingerprint density at radius 1 is 1.17 bits per heavy atom. The van der Waals surface area contributed by atoms with E-state index in [2.05, 4.69) is 15.6 Å². The normalized spacial score (nSPS) is 10.7. The molecule has 4 aromatic rings. The molecule has 0 spiro atoms. The molecule has 8 heteroatoms. The number of rotatable bonds is 7. The van der Waals surface area contributed by atoms with E-state index in [1.54, 1.807) is 43.8 Å². The number of fused-ring (bicyclic) bond motifs is 1. The number of ether oxygens (including phenoxy) is 1. The van der Waals surface area contributed by atoms with Crippen LogP contribution in [0.25, 0.3) is 16.9 Å². The zero-order valence-corrected chi connectivity index (χ0v) is 17.1. The van der Waals surface area contributed by atoms with Gasteiger partial charge in [-0.25, -0.2) is 4.98 Å². The highest BCUT2D eigenvalue weighted by Gasteiger charge is 2.17. The Morgan fingerprint density at radius 3 is 2.77 bits per heavy atom. The Labute approximate surface area is 178 Å². The van der Waals surface area contributed by atoms with Crippen molar-refractivity contribution >= 4 is 34.7 Å². The van der Waals surface area contributed by atoms with Gasteiger partial charge in [0, 0.05) is 41.6 Å². The Bertz CT molecular complexity index is 1170. The van der Waals surface area contributed by atoms with Crippen molar-refractivity contribution in [3.63, 3.8) is 0 Å². The van der Waals surface area contributed by atoms with Gasteiger partial charge in [-0.15, -0.1) is 0 Å². The van der Waals surface area contributed by atoms with E-state index in [4.69, 9.17) is 21.3 Å². The summed E-state index contributed by atoms with van der Waals surface area (Å²) in [5.41, 5.74) is 3.00. The Kier molecular flexibility index (Phi) is 5.81. The zero-order valence-electron chi connectivity index (χ0n) is 16.3. The second kappa shape index (κ2) is 8.84. The highest BCUT2D eigenvalue weighted by molar-refractivity contribution is 6.30. The molecular weight excluding hydrogens is 402 g/mol. The molecule has 2 aromatic heterocycles. The molecule has 2 aromatic carbocycles. The average Bonchev–Trinajstić information content (AvgIpc) is 3.14. The van der Waals surface area contributed by atoms with Crippen LogP contribution in [0.3, 0.4) is 0 Å². The fourth-order valence-corrected chi connectivity index (χ4v) is 3.28. The van der Waals surface area contributed by atoms with E-state index in [-0.39, 0.29) is 12.3 Å². The summed E-state index contributed by atoms with van der Waals surface area (Å²) in [5, 5.41) is 6.83. The van der Waals surface area contributed by atoms with E-state index in [0.717, 1.165) is 22.8 Å². The summed E-state index contributed by atoms with van der Waals surface area (Å²) in [6, 6.07) is 14.7. The zero-order chi connectivity index (χ0) is 20.9. The fourth-order valence-electron chi connectivity index (χ4n) is 3.15. The lowest BCUT2D eigenvalue weighted by Crippen LogP contribution is -2.17. The van der Waals surface area contributed by atoms with Gasteiger partial charge in [-0.05, 0) is 36.4 Å². The molecule has 1 amide bonds. The third-order valence-electron chi connectivity index (χ3n) is 4.56. The van der Waals surface area contributed by atoms with Gasteiger partial charge in [-0.1, -0.05) is 23.7 Å². The number of carbonyl (C=O) groups excluding carboxylic acids is 1. The van der Waals surface area contributed by atoms with Gasteiger partial charge in [0.25, 0.3) is 0 Å². The van der Waals surface area contributed by atoms with Crippen LogP contribution in [0.1, 0.15) is 6.42 Å². The molecule has 2 heterocycles. The second-order valence-electron chi connectivity index (χ2n) is 6.55. The summed E-state index contributed by atoms with van der Waals surface area (Å²) in [5.74, 6) is 1.40. The van der Waals surface area contributed by atoms with Crippen LogP contribution in [-0.2, 0) is 4.79 Å². The highest BCUT2D eigenvalue weighted by Crippen LogP contribution is 2.34. The SMILES string of the molecule is COc1ccccc1-c1nc2cnccn2c1NCCC(=O)Nc1ccc(Cl)cc1. The third-order valence-corrected chi connectivity index (χ3v) is 4.82. The largest absolute Gasteiger partial charge is 0.496 e. The number of nitrogens with one attached hydrogen (secondary N) is 2. The van der Waals surface area contributed by atoms with Crippen molar-refractivity contribution in [3.8, 4) is 17.0 Å². The minimum atomic E-state index is -0.0980. The van der Waals surface area contributed by atoms with Gasteiger partial charge in [-0.2, -0.15) is 0 Å². The van der Waals surface area contributed by atoms with Gasteiger partial charge >= 0.3 is 0 Å². The van der Waals surface area contributed by atoms with Crippen LogP contribution in [0.5, 0.6) is 5.75 Å². The van der Waals surface area contributed by atoms with Gasteiger partial charge in [0.1, 0.15) is 17.3 Å². The monoisotopic (exact) mass is 421 g/mol. The van der Waals surface area contributed by atoms with Crippen molar-refractivity contribution < 1.29 is 9.53 Å². The molecule has 0 fully saturated rings. The van der Waals surface area contributed by atoms with Crippen molar-refractivity contribution in [3.05, 3.63) is 72.1 Å². The van der Waals surface area contributed by atoms with Crippen LogP contribution in [0.2, 0.25) is 5.02 Å². The fraction of sp³-hybridized carbons (Fsp3) is 0.136. The van der Waals surface area contributed by atoms with Crippen LogP contribution in [0, 0.1) is 0 Å².